The van der Waals surface area contributed by atoms with Crippen LogP contribution in [0.5, 0.6) is 0 Å². The number of nitrogens with one attached hydrogen (secondary N) is 1. The zero-order chi connectivity index (χ0) is 21.8. The Morgan fingerprint density at radius 1 is 1.16 bits per heavy atom. The quantitative estimate of drug-likeness (QED) is 0.625. The molecule has 7 heteroatoms. The molecule has 2 heterocycles. The summed E-state index contributed by atoms with van der Waals surface area (Å²) in [7, 11) is 1.77. The van der Waals surface area contributed by atoms with Crippen molar-refractivity contribution in [3.8, 4) is 0 Å². The first-order valence-electron chi connectivity index (χ1n) is 10.5. The molecule has 0 spiro atoms. The molecular weight excluding hydrogens is 398 g/mol. The van der Waals surface area contributed by atoms with Crippen LogP contribution < -0.4 is 0 Å². The summed E-state index contributed by atoms with van der Waals surface area (Å²) >= 11 is 0. The summed E-state index contributed by atoms with van der Waals surface area (Å²) in [4.78, 5) is 16.9. The second-order valence-corrected chi connectivity index (χ2v) is 8.04. The number of rotatable bonds is 6. The average molecular weight is 424 g/mol. The molecule has 5 nitrogen and oxygen atoms in total. The predicted molar refractivity (Wildman–Crippen MR) is 114 cm³/mol. The van der Waals surface area contributed by atoms with Crippen LogP contribution in [0.15, 0.2) is 54.7 Å². The molecule has 1 fully saturated rings. The van der Waals surface area contributed by atoms with Crippen molar-refractivity contribution in [2.24, 2.45) is 0 Å². The normalized spacial score (nSPS) is 16.9. The Labute approximate surface area is 180 Å². The number of benzene rings is 2. The summed E-state index contributed by atoms with van der Waals surface area (Å²) in [5, 5.41) is 7.16. The van der Waals surface area contributed by atoms with Crippen molar-refractivity contribution in [1.82, 2.24) is 20.0 Å². The number of likely N-dealkylation sites (tertiary alicyclic amines) is 1. The first-order chi connectivity index (χ1) is 15.0. The minimum absolute atomic E-state index is 0.108. The first kappa shape index (κ1) is 21.2. The fraction of sp³-hybridized carbons (Fsp3) is 0.333. The number of aromatic nitrogens is 2. The highest BCUT2D eigenvalue weighted by atomic mass is 19.2. The van der Waals surface area contributed by atoms with Crippen molar-refractivity contribution in [2.45, 2.75) is 38.4 Å². The van der Waals surface area contributed by atoms with Gasteiger partial charge in [0, 0.05) is 25.7 Å². The lowest BCUT2D eigenvalue weighted by molar-refractivity contribution is 0.0776. The molecule has 1 atom stereocenters. The van der Waals surface area contributed by atoms with E-state index in [1.54, 1.807) is 24.2 Å². The SMILES string of the molecule is CN(Cc1ccccc1)C(=O)c1cn[nH]c1C1CCCCN1Cc1cccc(F)c1F. The van der Waals surface area contributed by atoms with Gasteiger partial charge in [-0.3, -0.25) is 14.8 Å². The number of nitrogens with zero attached hydrogens (tertiary/aromatic N) is 3. The molecule has 0 radical (unpaired) electrons. The summed E-state index contributed by atoms with van der Waals surface area (Å²) < 4.78 is 27.9. The number of hydrogen-bond donors (Lipinski definition) is 1. The van der Waals surface area contributed by atoms with Crippen LogP contribution in [0.2, 0.25) is 0 Å². The lowest BCUT2D eigenvalue weighted by Crippen LogP contribution is -2.35. The summed E-state index contributed by atoms with van der Waals surface area (Å²) in [5.41, 5.74) is 2.63. The van der Waals surface area contributed by atoms with E-state index in [2.05, 4.69) is 15.1 Å². The Hall–Kier alpha value is -3.06. The molecule has 0 bridgehead atoms. The molecule has 1 N–H and O–H groups in total. The van der Waals surface area contributed by atoms with Crippen LogP contribution in [0.25, 0.3) is 0 Å². The lowest BCUT2D eigenvalue weighted by Gasteiger charge is -2.35. The Bertz CT molecular complexity index is 1040. The van der Waals surface area contributed by atoms with E-state index < -0.39 is 11.6 Å². The van der Waals surface area contributed by atoms with E-state index in [0.717, 1.165) is 43.1 Å². The molecule has 162 valence electrons. The third-order valence-corrected chi connectivity index (χ3v) is 5.86. The topological polar surface area (TPSA) is 52.2 Å². The van der Waals surface area contributed by atoms with E-state index in [0.29, 0.717) is 17.7 Å². The molecule has 3 aromatic rings. The summed E-state index contributed by atoms with van der Waals surface area (Å²) in [6, 6.07) is 14.0. The van der Waals surface area contributed by atoms with Gasteiger partial charge in [0.2, 0.25) is 0 Å². The van der Waals surface area contributed by atoms with Crippen LogP contribution in [-0.2, 0) is 13.1 Å². The van der Waals surface area contributed by atoms with E-state index in [1.807, 2.05) is 30.3 Å². The number of amides is 1. The van der Waals surface area contributed by atoms with Gasteiger partial charge in [-0.2, -0.15) is 5.10 Å². The van der Waals surface area contributed by atoms with Gasteiger partial charge in [0.1, 0.15) is 0 Å². The van der Waals surface area contributed by atoms with Crippen molar-refractivity contribution >= 4 is 5.91 Å². The van der Waals surface area contributed by atoms with Gasteiger partial charge in [-0.1, -0.05) is 48.9 Å². The van der Waals surface area contributed by atoms with E-state index in [4.69, 9.17) is 0 Å². The van der Waals surface area contributed by atoms with E-state index in [9.17, 15) is 13.6 Å². The van der Waals surface area contributed by atoms with Crippen molar-refractivity contribution in [3.63, 3.8) is 0 Å². The average Bonchev–Trinajstić information content (AvgIpc) is 3.27. The molecule has 0 aliphatic carbocycles. The van der Waals surface area contributed by atoms with Crippen molar-refractivity contribution < 1.29 is 13.6 Å². The Balaban J connectivity index is 1.55. The maximum absolute atomic E-state index is 14.3. The molecule has 31 heavy (non-hydrogen) atoms. The summed E-state index contributed by atoms with van der Waals surface area (Å²) in [6.45, 7) is 1.51. The highest BCUT2D eigenvalue weighted by Gasteiger charge is 2.30. The molecule has 1 amide bonds. The highest BCUT2D eigenvalue weighted by molar-refractivity contribution is 5.95. The maximum atomic E-state index is 14.3. The zero-order valence-corrected chi connectivity index (χ0v) is 17.5. The highest BCUT2D eigenvalue weighted by Crippen LogP contribution is 2.33. The van der Waals surface area contributed by atoms with Gasteiger partial charge in [0.05, 0.1) is 23.5 Å². The second-order valence-electron chi connectivity index (χ2n) is 8.04. The van der Waals surface area contributed by atoms with E-state index >= 15 is 0 Å². The number of carbonyl (C=O) groups excluding carboxylic acids is 1. The zero-order valence-electron chi connectivity index (χ0n) is 17.5. The number of carbonyl (C=O) groups is 1. The Kier molecular flexibility index (Phi) is 6.42. The number of piperidine rings is 1. The van der Waals surface area contributed by atoms with Crippen molar-refractivity contribution in [2.75, 3.05) is 13.6 Å². The van der Waals surface area contributed by atoms with Gasteiger partial charge < -0.3 is 4.90 Å². The lowest BCUT2D eigenvalue weighted by atomic mass is 9.96. The smallest absolute Gasteiger partial charge is 0.257 e. The second kappa shape index (κ2) is 9.39. The van der Waals surface area contributed by atoms with Crippen LogP contribution in [0, 0.1) is 11.6 Å². The third kappa shape index (κ3) is 4.66. The molecule has 1 aromatic heterocycles. The van der Waals surface area contributed by atoms with Crippen molar-refractivity contribution in [3.05, 3.63) is 88.7 Å². The van der Waals surface area contributed by atoms with Crippen LogP contribution in [0.4, 0.5) is 8.78 Å². The largest absolute Gasteiger partial charge is 0.337 e. The Morgan fingerprint density at radius 3 is 2.77 bits per heavy atom. The predicted octanol–water partition coefficient (Wildman–Crippen LogP) is 4.69. The number of halogens is 2. The van der Waals surface area contributed by atoms with E-state index in [1.165, 1.54) is 6.07 Å². The first-order valence-corrected chi connectivity index (χ1v) is 10.5. The minimum Gasteiger partial charge on any atom is -0.337 e. The van der Waals surface area contributed by atoms with Gasteiger partial charge in [0.15, 0.2) is 11.6 Å². The summed E-state index contributed by atoms with van der Waals surface area (Å²) in [6.07, 6.45) is 4.36. The van der Waals surface area contributed by atoms with E-state index in [-0.39, 0.29) is 18.5 Å². The number of hydrogen-bond acceptors (Lipinski definition) is 3. The fourth-order valence-electron chi connectivity index (χ4n) is 4.25. The number of aromatic amines is 1. The molecular formula is C24H26F2N4O. The molecule has 1 saturated heterocycles. The van der Waals surface area contributed by atoms with Crippen LogP contribution in [-0.4, -0.2) is 39.5 Å². The standard InChI is InChI=1S/C24H26F2N4O/c1-29(15-17-8-3-2-4-9-17)24(31)19-14-27-28-23(19)21-12-5-6-13-30(21)16-18-10-7-11-20(25)22(18)26/h2-4,7-11,14,21H,5-6,12-13,15-16H2,1H3,(H,27,28). The van der Waals surface area contributed by atoms with Gasteiger partial charge in [-0.05, 0) is 31.0 Å². The maximum Gasteiger partial charge on any atom is 0.257 e. The Morgan fingerprint density at radius 2 is 1.97 bits per heavy atom. The molecule has 1 unspecified atom stereocenters. The molecule has 1 aliphatic heterocycles. The van der Waals surface area contributed by atoms with Crippen LogP contribution in [0.1, 0.15) is 52.5 Å². The van der Waals surface area contributed by atoms with Gasteiger partial charge in [-0.25, -0.2) is 8.78 Å². The van der Waals surface area contributed by atoms with Crippen molar-refractivity contribution in [1.29, 1.82) is 0 Å². The minimum atomic E-state index is -0.842. The van der Waals surface area contributed by atoms with Crippen LogP contribution in [0.3, 0.4) is 0 Å². The number of H-pyrrole nitrogens is 1. The summed E-state index contributed by atoms with van der Waals surface area (Å²) in [5.74, 6) is -1.77. The van der Waals surface area contributed by atoms with Gasteiger partial charge in [0.25, 0.3) is 5.91 Å². The monoisotopic (exact) mass is 424 g/mol. The van der Waals surface area contributed by atoms with Gasteiger partial charge >= 0.3 is 0 Å². The van der Waals surface area contributed by atoms with Gasteiger partial charge in [-0.15, -0.1) is 0 Å². The molecule has 0 saturated carbocycles. The molecule has 4 rings (SSSR count). The third-order valence-electron chi connectivity index (χ3n) is 5.86. The van der Waals surface area contributed by atoms with Crippen LogP contribution >= 0.6 is 0 Å². The fourth-order valence-corrected chi connectivity index (χ4v) is 4.25. The molecule has 1 aliphatic rings. The molecule has 2 aromatic carbocycles.